The Morgan fingerprint density at radius 3 is 2.66 bits per heavy atom. The number of aromatic nitrogens is 1. The molecule has 0 spiro atoms. The van der Waals surface area contributed by atoms with Crippen molar-refractivity contribution in [2.75, 3.05) is 31.1 Å². The van der Waals surface area contributed by atoms with Gasteiger partial charge in [-0.25, -0.2) is 8.78 Å². The van der Waals surface area contributed by atoms with Gasteiger partial charge in [-0.3, -0.25) is 9.59 Å². The normalized spacial score (nSPS) is 16.1. The Labute approximate surface area is 185 Å². The predicted octanol–water partition coefficient (Wildman–Crippen LogP) is 3.97. The lowest BCUT2D eigenvalue weighted by atomic mass is 10.1. The van der Waals surface area contributed by atoms with E-state index in [-0.39, 0.29) is 28.7 Å². The van der Waals surface area contributed by atoms with Crippen LogP contribution in [0.15, 0.2) is 47.4 Å². The fourth-order valence-corrected chi connectivity index (χ4v) is 4.47. The molecule has 0 radical (unpaired) electrons. The third-order valence-electron chi connectivity index (χ3n) is 6.09. The number of Topliss-reactive ketones (excluding diaryl/α,β-unsaturated/α-hetero) is 1. The van der Waals surface area contributed by atoms with Gasteiger partial charge in [0.2, 0.25) is 0 Å². The van der Waals surface area contributed by atoms with Crippen molar-refractivity contribution in [2.45, 2.75) is 26.8 Å². The van der Waals surface area contributed by atoms with E-state index in [2.05, 4.69) is 5.32 Å². The van der Waals surface area contributed by atoms with E-state index in [1.54, 1.807) is 9.47 Å². The van der Waals surface area contributed by atoms with Gasteiger partial charge >= 0.3 is 0 Å². The quantitative estimate of drug-likeness (QED) is 0.566. The molecule has 4 rings (SSSR count). The van der Waals surface area contributed by atoms with Crippen LogP contribution in [0.1, 0.15) is 36.2 Å². The van der Waals surface area contributed by atoms with Crippen LogP contribution < -0.4 is 15.6 Å². The highest BCUT2D eigenvalue weighted by Crippen LogP contribution is 2.33. The number of pyridine rings is 1. The third kappa shape index (κ3) is 4.17. The summed E-state index contributed by atoms with van der Waals surface area (Å²) in [4.78, 5) is 26.7. The molecule has 1 atom stereocenters. The standard InChI is InChI=1S/C25H27F2N3O2/c1-3-28-12-18-9-10-29(14-18)24-21(26)11-19-23(22(24)27)30(13-17-7-5-4-6-8-17)15-20(16(2)31)25(19)32/h4-8,11,15,18,28H,3,9-10,12-14H2,1-2H3. The molecule has 5 nitrogen and oxygen atoms in total. The summed E-state index contributed by atoms with van der Waals surface area (Å²) in [5, 5.41) is 3.18. The van der Waals surface area contributed by atoms with Crippen molar-refractivity contribution in [1.29, 1.82) is 0 Å². The van der Waals surface area contributed by atoms with Crippen molar-refractivity contribution in [2.24, 2.45) is 5.92 Å². The van der Waals surface area contributed by atoms with E-state index in [9.17, 15) is 9.59 Å². The first-order valence-electron chi connectivity index (χ1n) is 11.0. The lowest BCUT2D eigenvalue weighted by Gasteiger charge is -2.23. The molecule has 3 aromatic rings. The maximum absolute atomic E-state index is 15.9. The molecule has 0 bridgehead atoms. The van der Waals surface area contributed by atoms with Crippen LogP contribution in [0.5, 0.6) is 0 Å². The van der Waals surface area contributed by atoms with Crippen LogP contribution in [-0.4, -0.2) is 36.5 Å². The molecule has 1 fully saturated rings. The highest BCUT2D eigenvalue weighted by Gasteiger charge is 2.29. The van der Waals surface area contributed by atoms with Gasteiger partial charge in [0.25, 0.3) is 0 Å². The number of nitrogens with one attached hydrogen (secondary N) is 1. The number of benzene rings is 2. The van der Waals surface area contributed by atoms with Crippen LogP contribution in [0.4, 0.5) is 14.5 Å². The van der Waals surface area contributed by atoms with Crippen LogP contribution in [0, 0.1) is 17.6 Å². The van der Waals surface area contributed by atoms with Crippen molar-refractivity contribution in [3.05, 3.63) is 75.6 Å². The lowest BCUT2D eigenvalue weighted by molar-refractivity contribution is 0.101. The molecular weight excluding hydrogens is 412 g/mol. The van der Waals surface area contributed by atoms with Gasteiger partial charge in [-0.05, 0) is 44.0 Å². The molecule has 0 saturated carbocycles. The first-order valence-corrected chi connectivity index (χ1v) is 11.0. The monoisotopic (exact) mass is 439 g/mol. The lowest BCUT2D eigenvalue weighted by Crippen LogP contribution is -2.28. The van der Waals surface area contributed by atoms with E-state index >= 15 is 8.78 Å². The first kappa shape index (κ1) is 22.1. The van der Waals surface area contributed by atoms with Crippen LogP contribution >= 0.6 is 0 Å². The number of hydrogen-bond donors (Lipinski definition) is 1. The fraction of sp³-hybridized carbons (Fsp3) is 0.360. The van der Waals surface area contributed by atoms with Crippen molar-refractivity contribution in [3.8, 4) is 0 Å². The van der Waals surface area contributed by atoms with E-state index in [4.69, 9.17) is 0 Å². The highest BCUT2D eigenvalue weighted by molar-refractivity contribution is 5.98. The average Bonchev–Trinajstić information content (AvgIpc) is 3.23. The van der Waals surface area contributed by atoms with Crippen molar-refractivity contribution in [3.63, 3.8) is 0 Å². The van der Waals surface area contributed by atoms with Gasteiger partial charge in [-0.1, -0.05) is 37.3 Å². The minimum Gasteiger partial charge on any atom is -0.366 e. The Morgan fingerprint density at radius 2 is 1.97 bits per heavy atom. The second kappa shape index (κ2) is 9.20. The SMILES string of the molecule is CCNCC1CCN(c2c(F)cc3c(=O)c(C(C)=O)cn(Cc4ccccc4)c3c2F)C1. The molecular formula is C25H27F2N3O2. The van der Waals surface area contributed by atoms with E-state index in [0.29, 0.717) is 19.0 Å². The number of halogens is 2. The van der Waals surface area contributed by atoms with Crippen LogP contribution in [-0.2, 0) is 6.54 Å². The minimum absolute atomic E-state index is 0.0235. The van der Waals surface area contributed by atoms with Crippen molar-refractivity contribution >= 4 is 22.4 Å². The van der Waals surface area contributed by atoms with Gasteiger partial charge in [-0.2, -0.15) is 0 Å². The fourth-order valence-electron chi connectivity index (χ4n) is 4.47. The minimum atomic E-state index is -0.775. The molecule has 1 aliphatic heterocycles. The van der Waals surface area contributed by atoms with Gasteiger partial charge < -0.3 is 14.8 Å². The van der Waals surface area contributed by atoms with Crippen LogP contribution in [0.2, 0.25) is 0 Å². The Bertz CT molecular complexity index is 1210. The summed E-state index contributed by atoms with van der Waals surface area (Å²) in [6, 6.07) is 10.4. The summed E-state index contributed by atoms with van der Waals surface area (Å²) in [5.41, 5.74) is 0.0761. The van der Waals surface area contributed by atoms with Gasteiger partial charge in [0.1, 0.15) is 11.5 Å². The van der Waals surface area contributed by atoms with Crippen LogP contribution in [0.25, 0.3) is 10.9 Å². The van der Waals surface area contributed by atoms with Gasteiger partial charge in [0.05, 0.1) is 16.5 Å². The van der Waals surface area contributed by atoms with Crippen molar-refractivity contribution < 1.29 is 13.6 Å². The maximum atomic E-state index is 15.9. The molecule has 2 aromatic carbocycles. The summed E-state index contributed by atoms with van der Waals surface area (Å²) < 4.78 is 32.6. The number of fused-ring (bicyclic) bond motifs is 1. The zero-order valence-corrected chi connectivity index (χ0v) is 18.3. The summed E-state index contributed by atoms with van der Waals surface area (Å²) >= 11 is 0. The summed E-state index contributed by atoms with van der Waals surface area (Å²) in [6.45, 7) is 6.29. The number of hydrogen-bond acceptors (Lipinski definition) is 4. The maximum Gasteiger partial charge on any atom is 0.200 e. The van der Waals surface area contributed by atoms with Gasteiger partial charge in [0, 0.05) is 25.8 Å². The van der Waals surface area contributed by atoms with E-state index < -0.39 is 22.8 Å². The number of ketones is 1. The van der Waals surface area contributed by atoms with Crippen molar-refractivity contribution in [1.82, 2.24) is 9.88 Å². The largest absolute Gasteiger partial charge is 0.366 e. The molecule has 1 N–H and O–H groups in total. The second-order valence-corrected chi connectivity index (χ2v) is 8.37. The molecule has 1 saturated heterocycles. The summed E-state index contributed by atoms with van der Waals surface area (Å²) in [6.07, 6.45) is 2.23. The molecule has 0 amide bonds. The first-order chi connectivity index (χ1) is 15.4. The van der Waals surface area contributed by atoms with Gasteiger partial charge in [-0.15, -0.1) is 0 Å². The number of anilines is 1. The van der Waals surface area contributed by atoms with E-state index in [1.807, 2.05) is 37.3 Å². The number of carbonyl (C=O) groups excluding carboxylic acids is 1. The third-order valence-corrected chi connectivity index (χ3v) is 6.09. The number of rotatable bonds is 7. The molecule has 32 heavy (non-hydrogen) atoms. The highest BCUT2D eigenvalue weighted by atomic mass is 19.1. The number of nitrogens with zero attached hydrogens (tertiary/aromatic N) is 2. The molecule has 1 aromatic heterocycles. The molecule has 1 aliphatic rings. The Balaban J connectivity index is 1.86. The van der Waals surface area contributed by atoms with E-state index in [1.165, 1.54) is 13.1 Å². The smallest absolute Gasteiger partial charge is 0.200 e. The number of carbonyl (C=O) groups is 1. The van der Waals surface area contributed by atoms with Gasteiger partial charge in [0.15, 0.2) is 17.0 Å². The Morgan fingerprint density at radius 1 is 1.22 bits per heavy atom. The second-order valence-electron chi connectivity index (χ2n) is 8.37. The molecule has 168 valence electrons. The van der Waals surface area contributed by atoms with E-state index in [0.717, 1.165) is 31.1 Å². The molecule has 7 heteroatoms. The molecule has 0 aliphatic carbocycles. The zero-order chi connectivity index (χ0) is 22.8. The Hall–Kier alpha value is -3.06. The Kier molecular flexibility index (Phi) is 6.37. The predicted molar refractivity (Wildman–Crippen MR) is 123 cm³/mol. The molecule has 1 unspecified atom stereocenters. The van der Waals surface area contributed by atoms with Crippen LogP contribution in [0.3, 0.4) is 0 Å². The average molecular weight is 440 g/mol. The summed E-state index contributed by atoms with van der Waals surface area (Å²) in [5.74, 6) is -1.67. The molecule has 2 heterocycles. The zero-order valence-electron chi connectivity index (χ0n) is 18.3. The topological polar surface area (TPSA) is 54.3 Å². The summed E-state index contributed by atoms with van der Waals surface area (Å²) in [7, 11) is 0.